The largest absolute Gasteiger partial charge is 0.445 e. The zero-order chi connectivity index (χ0) is 16.1. The van der Waals surface area contributed by atoms with Gasteiger partial charge >= 0.3 is 6.09 Å². The Balaban J connectivity index is 1.51. The van der Waals surface area contributed by atoms with Crippen LogP contribution in [-0.4, -0.2) is 48.0 Å². The summed E-state index contributed by atoms with van der Waals surface area (Å²) in [6.45, 7) is 3.18. The van der Waals surface area contributed by atoms with Crippen LogP contribution in [0.15, 0.2) is 30.3 Å². The van der Waals surface area contributed by atoms with E-state index < -0.39 is 0 Å². The molecule has 0 radical (unpaired) electrons. The van der Waals surface area contributed by atoms with Crippen molar-refractivity contribution in [1.82, 2.24) is 9.80 Å². The topological polar surface area (TPSA) is 49.9 Å². The Morgan fingerprint density at radius 2 is 1.70 bits per heavy atom. The minimum Gasteiger partial charge on any atom is -0.445 e. The molecule has 0 N–H and O–H groups in total. The summed E-state index contributed by atoms with van der Waals surface area (Å²) >= 11 is 0. The molecule has 1 unspecified atom stereocenters. The van der Waals surface area contributed by atoms with Crippen molar-refractivity contribution in [2.24, 2.45) is 5.92 Å². The summed E-state index contributed by atoms with van der Waals surface area (Å²) in [5, 5.41) is 0. The molecule has 2 heterocycles. The third-order valence-electron chi connectivity index (χ3n) is 4.65. The number of piperidine rings is 1. The molecule has 5 heteroatoms. The number of rotatable bonds is 3. The highest BCUT2D eigenvalue weighted by Gasteiger charge is 2.32. The number of ether oxygens (including phenoxy) is 1. The zero-order valence-corrected chi connectivity index (χ0v) is 13.4. The number of hydrogen-bond donors (Lipinski definition) is 0. The Morgan fingerprint density at radius 3 is 2.43 bits per heavy atom. The molecule has 1 atom stereocenters. The van der Waals surface area contributed by atoms with Gasteiger partial charge in [-0.05, 0) is 31.2 Å². The lowest BCUT2D eigenvalue weighted by atomic mass is 9.97. The minimum atomic E-state index is -0.312. The lowest BCUT2D eigenvalue weighted by Crippen LogP contribution is -2.46. The van der Waals surface area contributed by atoms with E-state index in [9.17, 15) is 9.59 Å². The van der Waals surface area contributed by atoms with E-state index in [4.69, 9.17) is 4.74 Å². The molecule has 1 aromatic carbocycles. The number of nitrogens with zero attached hydrogens (tertiary/aromatic N) is 2. The van der Waals surface area contributed by atoms with Gasteiger partial charge in [-0.1, -0.05) is 30.3 Å². The molecule has 124 valence electrons. The average molecular weight is 316 g/mol. The fourth-order valence-electron chi connectivity index (χ4n) is 3.35. The molecule has 5 nitrogen and oxygen atoms in total. The van der Waals surface area contributed by atoms with Gasteiger partial charge < -0.3 is 14.5 Å². The number of amides is 2. The van der Waals surface area contributed by atoms with Crippen molar-refractivity contribution >= 4 is 12.0 Å². The van der Waals surface area contributed by atoms with E-state index >= 15 is 0 Å². The Bertz CT molecular complexity index is 540. The predicted octanol–water partition coefficient (Wildman–Crippen LogP) is 2.66. The zero-order valence-electron chi connectivity index (χ0n) is 13.4. The van der Waals surface area contributed by atoms with Gasteiger partial charge in [-0.3, -0.25) is 4.79 Å². The first kappa shape index (κ1) is 15.8. The number of carbonyl (C=O) groups excluding carboxylic acids is 2. The SMILES string of the molecule is O=C(OCc1ccccc1)N1CCCC(C(=O)N2CCCC2)C1. The van der Waals surface area contributed by atoms with Crippen molar-refractivity contribution in [3.63, 3.8) is 0 Å². The quantitative estimate of drug-likeness (QED) is 0.861. The molecule has 3 rings (SSSR count). The number of hydrogen-bond acceptors (Lipinski definition) is 3. The lowest BCUT2D eigenvalue weighted by Gasteiger charge is -2.33. The smallest absolute Gasteiger partial charge is 0.410 e. The van der Waals surface area contributed by atoms with E-state index in [1.54, 1.807) is 4.90 Å². The standard InChI is InChI=1S/C18H24N2O3/c21-17(19-10-4-5-11-19)16-9-6-12-20(13-16)18(22)23-14-15-7-2-1-3-8-15/h1-3,7-8,16H,4-6,9-14H2. The molecule has 23 heavy (non-hydrogen) atoms. The molecule has 0 bridgehead atoms. The molecule has 0 spiro atoms. The van der Waals surface area contributed by atoms with E-state index in [0.29, 0.717) is 13.1 Å². The van der Waals surface area contributed by atoms with E-state index in [0.717, 1.165) is 44.3 Å². The second-order valence-electron chi connectivity index (χ2n) is 6.36. The van der Waals surface area contributed by atoms with Crippen molar-refractivity contribution in [3.05, 3.63) is 35.9 Å². The van der Waals surface area contributed by atoms with Gasteiger partial charge in [0.2, 0.25) is 5.91 Å². The van der Waals surface area contributed by atoms with Crippen LogP contribution in [0.1, 0.15) is 31.2 Å². The molecule has 2 aliphatic heterocycles. The maximum atomic E-state index is 12.5. The van der Waals surface area contributed by atoms with Crippen LogP contribution in [0, 0.1) is 5.92 Å². The summed E-state index contributed by atoms with van der Waals surface area (Å²) in [5.74, 6) is 0.147. The van der Waals surface area contributed by atoms with Crippen molar-refractivity contribution in [1.29, 1.82) is 0 Å². The van der Waals surface area contributed by atoms with E-state index in [1.807, 2.05) is 35.2 Å². The molecule has 0 aromatic heterocycles. The molecule has 2 saturated heterocycles. The van der Waals surface area contributed by atoms with Crippen LogP contribution in [-0.2, 0) is 16.1 Å². The normalized spacial score (nSPS) is 21.3. The molecular formula is C18H24N2O3. The minimum absolute atomic E-state index is 0.0638. The Kier molecular flexibility index (Phi) is 5.16. The molecule has 1 aromatic rings. The van der Waals surface area contributed by atoms with E-state index in [-0.39, 0.29) is 24.5 Å². The molecule has 0 saturated carbocycles. The maximum absolute atomic E-state index is 12.5. The van der Waals surface area contributed by atoms with Crippen molar-refractivity contribution in [2.75, 3.05) is 26.2 Å². The third-order valence-corrected chi connectivity index (χ3v) is 4.65. The Hall–Kier alpha value is -2.04. The van der Waals surface area contributed by atoms with Gasteiger partial charge in [0.15, 0.2) is 0 Å². The molecular weight excluding hydrogens is 292 g/mol. The second-order valence-corrected chi connectivity index (χ2v) is 6.36. The molecule has 2 aliphatic rings. The summed E-state index contributed by atoms with van der Waals surface area (Å²) in [6.07, 6.45) is 3.62. The first-order chi connectivity index (χ1) is 11.2. The summed E-state index contributed by atoms with van der Waals surface area (Å²) < 4.78 is 5.38. The van der Waals surface area contributed by atoms with E-state index in [1.165, 1.54) is 0 Å². The molecule has 2 amide bonds. The summed E-state index contributed by atoms with van der Waals surface area (Å²) in [7, 11) is 0. The highest BCUT2D eigenvalue weighted by Crippen LogP contribution is 2.22. The van der Waals surface area contributed by atoms with Crippen molar-refractivity contribution in [3.8, 4) is 0 Å². The maximum Gasteiger partial charge on any atom is 0.410 e. The molecule has 0 aliphatic carbocycles. The fourth-order valence-corrected chi connectivity index (χ4v) is 3.35. The third kappa shape index (κ3) is 4.03. The first-order valence-electron chi connectivity index (χ1n) is 8.48. The summed E-state index contributed by atoms with van der Waals surface area (Å²) in [5.41, 5.74) is 0.975. The number of likely N-dealkylation sites (tertiary alicyclic amines) is 2. The summed E-state index contributed by atoms with van der Waals surface area (Å²) in [6, 6.07) is 9.65. The van der Waals surface area contributed by atoms with Gasteiger partial charge in [0, 0.05) is 26.2 Å². The van der Waals surface area contributed by atoms with Crippen LogP contribution in [0.3, 0.4) is 0 Å². The lowest BCUT2D eigenvalue weighted by molar-refractivity contribution is -0.135. The number of benzene rings is 1. The Morgan fingerprint density at radius 1 is 1.00 bits per heavy atom. The van der Waals surface area contributed by atoms with Gasteiger partial charge in [0.1, 0.15) is 6.61 Å². The predicted molar refractivity (Wildman–Crippen MR) is 86.7 cm³/mol. The van der Waals surface area contributed by atoms with Crippen LogP contribution in [0.2, 0.25) is 0 Å². The van der Waals surface area contributed by atoms with Gasteiger partial charge in [0.25, 0.3) is 0 Å². The van der Waals surface area contributed by atoms with Gasteiger partial charge in [-0.25, -0.2) is 4.79 Å². The van der Waals surface area contributed by atoms with Crippen LogP contribution in [0.25, 0.3) is 0 Å². The van der Waals surface area contributed by atoms with Crippen molar-refractivity contribution in [2.45, 2.75) is 32.3 Å². The van der Waals surface area contributed by atoms with Gasteiger partial charge in [0.05, 0.1) is 5.92 Å². The van der Waals surface area contributed by atoms with Crippen LogP contribution >= 0.6 is 0 Å². The highest BCUT2D eigenvalue weighted by atomic mass is 16.6. The summed E-state index contributed by atoms with van der Waals surface area (Å²) in [4.78, 5) is 28.4. The number of carbonyl (C=O) groups is 2. The van der Waals surface area contributed by atoms with Crippen LogP contribution < -0.4 is 0 Å². The first-order valence-corrected chi connectivity index (χ1v) is 8.48. The highest BCUT2D eigenvalue weighted by molar-refractivity contribution is 5.80. The van der Waals surface area contributed by atoms with Gasteiger partial charge in [-0.2, -0.15) is 0 Å². The monoisotopic (exact) mass is 316 g/mol. The second kappa shape index (κ2) is 7.49. The fraction of sp³-hybridized carbons (Fsp3) is 0.556. The van der Waals surface area contributed by atoms with E-state index in [2.05, 4.69) is 0 Å². The average Bonchev–Trinajstić information content (AvgIpc) is 3.14. The van der Waals surface area contributed by atoms with Crippen LogP contribution in [0.5, 0.6) is 0 Å². The Labute approximate surface area is 137 Å². The van der Waals surface area contributed by atoms with Crippen molar-refractivity contribution < 1.29 is 14.3 Å². The van der Waals surface area contributed by atoms with Gasteiger partial charge in [-0.15, -0.1) is 0 Å². The molecule has 2 fully saturated rings. The van der Waals surface area contributed by atoms with Crippen LogP contribution in [0.4, 0.5) is 4.79 Å².